The minimum atomic E-state index is -0.265. The Kier molecular flexibility index (Phi) is 5.84. The van der Waals surface area contributed by atoms with Gasteiger partial charge in [0, 0.05) is 22.2 Å². The summed E-state index contributed by atoms with van der Waals surface area (Å²) in [5, 5.41) is 11.7. The van der Waals surface area contributed by atoms with Crippen molar-refractivity contribution >= 4 is 50.9 Å². The number of amides is 1. The average Bonchev–Trinajstić information content (AvgIpc) is 3.07. The predicted molar refractivity (Wildman–Crippen MR) is 115 cm³/mol. The molecule has 0 spiro atoms. The Morgan fingerprint density at radius 2 is 1.97 bits per heavy atom. The van der Waals surface area contributed by atoms with Crippen LogP contribution in [-0.2, 0) is 4.79 Å². The summed E-state index contributed by atoms with van der Waals surface area (Å²) >= 11 is 10.9. The summed E-state index contributed by atoms with van der Waals surface area (Å²) in [5.74, 6) is 7.52. The zero-order valence-electron chi connectivity index (χ0n) is 14.9. The number of ether oxygens (including phenoxy) is 2. The number of nitrogens with one attached hydrogen (secondary N) is 1. The van der Waals surface area contributed by atoms with Gasteiger partial charge in [-0.3, -0.25) is 4.79 Å². The number of carbonyl (C=O) groups excluding carboxylic acids is 1. The lowest BCUT2D eigenvalue weighted by Crippen LogP contribution is -2.18. The van der Waals surface area contributed by atoms with Gasteiger partial charge in [0.25, 0.3) is 0 Å². The standard InChI is InChI=1S/C18H15BrClN5O3S/c19-11-4-2-1-3-10(11)17-23-24-18(25(17)21)29-9-16(26)22-13-8-15-14(7-12(13)20)27-5-6-28-15/h1-4,7-8H,5-6,9,21H2,(H,22,26). The number of fused-ring (bicyclic) bond motifs is 1. The highest BCUT2D eigenvalue weighted by Gasteiger charge is 2.18. The third-order valence-corrected chi connectivity index (χ3v) is 5.96. The van der Waals surface area contributed by atoms with Gasteiger partial charge in [-0.15, -0.1) is 10.2 Å². The molecule has 3 aromatic rings. The van der Waals surface area contributed by atoms with Crippen LogP contribution in [0.25, 0.3) is 11.4 Å². The zero-order chi connectivity index (χ0) is 20.4. The van der Waals surface area contributed by atoms with Crippen molar-refractivity contribution < 1.29 is 14.3 Å². The average molecular weight is 497 g/mol. The van der Waals surface area contributed by atoms with Gasteiger partial charge >= 0.3 is 0 Å². The lowest BCUT2D eigenvalue weighted by Gasteiger charge is -2.20. The summed E-state index contributed by atoms with van der Waals surface area (Å²) in [7, 11) is 0. The maximum absolute atomic E-state index is 12.4. The third kappa shape index (κ3) is 4.29. The Labute approximate surface area is 183 Å². The van der Waals surface area contributed by atoms with Gasteiger partial charge in [0.05, 0.1) is 16.5 Å². The number of benzene rings is 2. The van der Waals surface area contributed by atoms with Crippen molar-refractivity contribution in [2.24, 2.45) is 0 Å². The van der Waals surface area contributed by atoms with E-state index in [4.69, 9.17) is 26.9 Å². The summed E-state index contributed by atoms with van der Waals surface area (Å²) in [6.07, 6.45) is 0. The third-order valence-electron chi connectivity index (χ3n) is 4.02. The van der Waals surface area contributed by atoms with E-state index >= 15 is 0 Å². The van der Waals surface area contributed by atoms with Crippen molar-refractivity contribution in [1.29, 1.82) is 0 Å². The van der Waals surface area contributed by atoms with E-state index in [0.29, 0.717) is 46.4 Å². The lowest BCUT2D eigenvalue weighted by molar-refractivity contribution is -0.113. The number of aromatic nitrogens is 3. The molecule has 0 fully saturated rings. The minimum Gasteiger partial charge on any atom is -0.486 e. The van der Waals surface area contributed by atoms with Crippen molar-refractivity contribution in [3.8, 4) is 22.9 Å². The number of hydrogen-bond donors (Lipinski definition) is 2. The Bertz CT molecular complexity index is 1080. The SMILES string of the molecule is Nn1c(SCC(=O)Nc2cc3c(cc2Cl)OCCO3)nnc1-c1ccccc1Br. The molecule has 8 nitrogen and oxygen atoms in total. The van der Waals surface area contributed by atoms with Gasteiger partial charge in [0.1, 0.15) is 13.2 Å². The van der Waals surface area contributed by atoms with Crippen LogP contribution in [0.1, 0.15) is 0 Å². The molecule has 2 heterocycles. The zero-order valence-corrected chi connectivity index (χ0v) is 18.1. The largest absolute Gasteiger partial charge is 0.486 e. The molecular weight excluding hydrogens is 482 g/mol. The van der Waals surface area contributed by atoms with Crippen molar-refractivity contribution in [2.45, 2.75) is 5.16 Å². The van der Waals surface area contributed by atoms with Crippen molar-refractivity contribution in [3.63, 3.8) is 0 Å². The minimum absolute atomic E-state index is 0.0794. The van der Waals surface area contributed by atoms with Crippen LogP contribution in [0.15, 0.2) is 46.0 Å². The molecule has 0 radical (unpaired) electrons. The molecule has 1 aromatic heterocycles. The molecule has 1 aliphatic rings. The van der Waals surface area contributed by atoms with Crippen molar-refractivity contribution in [3.05, 3.63) is 45.9 Å². The van der Waals surface area contributed by atoms with Crippen LogP contribution in [-0.4, -0.2) is 39.7 Å². The first-order valence-electron chi connectivity index (χ1n) is 8.50. The fourth-order valence-corrected chi connectivity index (χ4v) is 4.00. The molecule has 1 aliphatic heterocycles. The second kappa shape index (κ2) is 8.52. The summed E-state index contributed by atoms with van der Waals surface area (Å²) in [6.45, 7) is 0.914. The normalized spacial score (nSPS) is 12.6. The highest BCUT2D eigenvalue weighted by molar-refractivity contribution is 9.10. The topological polar surface area (TPSA) is 104 Å². The first-order chi connectivity index (χ1) is 14.0. The molecule has 3 N–H and O–H groups in total. The molecule has 0 bridgehead atoms. The molecule has 0 saturated carbocycles. The van der Waals surface area contributed by atoms with Crippen LogP contribution in [0.3, 0.4) is 0 Å². The first kappa shape index (κ1) is 19.9. The Balaban J connectivity index is 1.43. The van der Waals surface area contributed by atoms with Gasteiger partial charge in [0.2, 0.25) is 11.1 Å². The van der Waals surface area contributed by atoms with Crippen LogP contribution in [0, 0.1) is 0 Å². The summed E-state index contributed by atoms with van der Waals surface area (Å²) in [4.78, 5) is 12.4. The quantitative estimate of drug-likeness (QED) is 0.411. The van der Waals surface area contributed by atoms with E-state index < -0.39 is 0 Å². The van der Waals surface area contributed by atoms with E-state index in [2.05, 4.69) is 31.4 Å². The number of nitrogens with two attached hydrogens (primary N) is 1. The monoisotopic (exact) mass is 495 g/mol. The van der Waals surface area contributed by atoms with E-state index in [1.54, 1.807) is 12.1 Å². The molecule has 0 saturated heterocycles. The number of hydrogen-bond acceptors (Lipinski definition) is 7. The maximum atomic E-state index is 12.4. The summed E-state index contributed by atoms with van der Waals surface area (Å²) < 4.78 is 13.2. The van der Waals surface area contributed by atoms with Crippen LogP contribution in [0.4, 0.5) is 5.69 Å². The second-order valence-corrected chi connectivity index (χ2v) is 8.17. The van der Waals surface area contributed by atoms with Crippen LogP contribution in [0.2, 0.25) is 5.02 Å². The second-order valence-electron chi connectivity index (χ2n) is 5.97. The highest BCUT2D eigenvalue weighted by atomic mass is 79.9. The van der Waals surface area contributed by atoms with Crippen LogP contribution in [0.5, 0.6) is 11.5 Å². The van der Waals surface area contributed by atoms with E-state index in [1.165, 1.54) is 16.4 Å². The van der Waals surface area contributed by atoms with Gasteiger partial charge in [-0.05, 0) is 12.1 Å². The summed E-state index contributed by atoms with van der Waals surface area (Å²) in [6, 6.07) is 10.8. The predicted octanol–water partition coefficient (Wildman–Crippen LogP) is 3.58. The fourth-order valence-electron chi connectivity index (χ4n) is 2.68. The molecule has 0 unspecified atom stereocenters. The maximum Gasteiger partial charge on any atom is 0.234 e. The first-order valence-corrected chi connectivity index (χ1v) is 10.7. The van der Waals surface area contributed by atoms with Gasteiger partial charge < -0.3 is 20.6 Å². The molecular formula is C18H15BrClN5O3S. The number of halogens is 2. The Morgan fingerprint density at radius 1 is 1.24 bits per heavy atom. The molecule has 0 aliphatic carbocycles. The molecule has 0 atom stereocenters. The van der Waals surface area contributed by atoms with Gasteiger partial charge in [0.15, 0.2) is 17.3 Å². The van der Waals surface area contributed by atoms with Crippen molar-refractivity contribution in [1.82, 2.24) is 14.9 Å². The summed E-state index contributed by atoms with van der Waals surface area (Å²) in [5.41, 5.74) is 1.26. The van der Waals surface area contributed by atoms with E-state index in [9.17, 15) is 4.79 Å². The molecule has 2 aromatic carbocycles. The number of anilines is 1. The fraction of sp³-hybridized carbons (Fsp3) is 0.167. The molecule has 150 valence electrons. The van der Waals surface area contributed by atoms with Gasteiger partial charge in [-0.1, -0.05) is 51.4 Å². The lowest BCUT2D eigenvalue weighted by atomic mass is 10.2. The Morgan fingerprint density at radius 3 is 2.72 bits per heavy atom. The highest BCUT2D eigenvalue weighted by Crippen LogP contribution is 2.38. The number of nitrogen functional groups attached to an aromatic ring is 1. The van der Waals surface area contributed by atoms with E-state index in [0.717, 1.165) is 10.0 Å². The molecule has 1 amide bonds. The Hall–Kier alpha value is -2.43. The number of nitrogens with zero attached hydrogens (tertiary/aromatic N) is 3. The number of thioether (sulfide) groups is 1. The number of carbonyl (C=O) groups is 1. The van der Waals surface area contributed by atoms with Crippen LogP contribution >= 0.6 is 39.3 Å². The van der Waals surface area contributed by atoms with Crippen molar-refractivity contribution in [2.75, 3.05) is 30.1 Å². The van der Waals surface area contributed by atoms with Gasteiger partial charge in [-0.25, -0.2) is 4.68 Å². The number of rotatable bonds is 5. The smallest absolute Gasteiger partial charge is 0.234 e. The van der Waals surface area contributed by atoms with Gasteiger partial charge in [-0.2, -0.15) is 0 Å². The molecule has 11 heteroatoms. The van der Waals surface area contributed by atoms with Crippen LogP contribution < -0.4 is 20.6 Å². The van der Waals surface area contributed by atoms with E-state index in [1.807, 2.05) is 24.3 Å². The molecule has 4 rings (SSSR count). The van der Waals surface area contributed by atoms with E-state index in [-0.39, 0.29) is 11.7 Å². The molecule has 29 heavy (non-hydrogen) atoms.